The van der Waals surface area contributed by atoms with E-state index in [0.717, 1.165) is 47.0 Å². The molecule has 0 radical (unpaired) electrons. The minimum Gasteiger partial charge on any atom is -0.497 e. The largest absolute Gasteiger partial charge is 0.497 e. The maximum Gasteiger partial charge on any atom is 0.255 e. The van der Waals surface area contributed by atoms with Crippen LogP contribution in [0.3, 0.4) is 0 Å². The summed E-state index contributed by atoms with van der Waals surface area (Å²) in [6.45, 7) is 2.37. The summed E-state index contributed by atoms with van der Waals surface area (Å²) >= 11 is 3.38. The predicted molar refractivity (Wildman–Crippen MR) is 122 cm³/mol. The molecule has 0 spiro atoms. The molecule has 5 nitrogen and oxygen atoms in total. The molecule has 152 valence electrons. The number of hydrogen-bond donors (Lipinski definition) is 1. The second kappa shape index (κ2) is 8.18. The van der Waals surface area contributed by atoms with E-state index in [1.54, 1.807) is 29.8 Å². The number of fused-ring (bicyclic) bond motifs is 1. The normalized spacial score (nSPS) is 13.9. The number of methoxy groups -OCH3 is 1. The van der Waals surface area contributed by atoms with E-state index in [2.05, 4.69) is 34.1 Å². The Balaban J connectivity index is 1.32. The molecule has 7 heteroatoms. The number of nitrogens with one attached hydrogen (secondary N) is 1. The number of nitrogens with zero attached hydrogens (tertiary/aromatic N) is 2. The molecule has 0 atom stereocenters. The van der Waals surface area contributed by atoms with Crippen molar-refractivity contribution in [3.05, 3.63) is 80.4 Å². The third-order valence-electron chi connectivity index (χ3n) is 5.30. The SMILES string of the molecule is COc1cccc(-c2ccc(CN3CCc4nc(-c5cccs5)[nH]c(=O)c4C3)s2)c1. The van der Waals surface area contributed by atoms with Crippen LogP contribution in [0.25, 0.3) is 21.1 Å². The van der Waals surface area contributed by atoms with E-state index in [1.165, 1.54) is 9.75 Å². The summed E-state index contributed by atoms with van der Waals surface area (Å²) in [6.07, 6.45) is 0.797. The summed E-state index contributed by atoms with van der Waals surface area (Å²) < 4.78 is 5.34. The van der Waals surface area contributed by atoms with Crippen LogP contribution in [0.1, 0.15) is 16.1 Å². The molecular weight excluding hydrogens is 414 g/mol. The highest BCUT2D eigenvalue weighted by atomic mass is 32.1. The molecule has 0 saturated carbocycles. The Morgan fingerprint density at radius 1 is 1.17 bits per heavy atom. The number of aromatic nitrogens is 2. The zero-order chi connectivity index (χ0) is 20.5. The van der Waals surface area contributed by atoms with Gasteiger partial charge < -0.3 is 9.72 Å². The average Bonchev–Trinajstić information content (AvgIpc) is 3.47. The molecule has 0 aliphatic carbocycles. The van der Waals surface area contributed by atoms with Crippen LogP contribution >= 0.6 is 22.7 Å². The Labute approximate surface area is 182 Å². The molecule has 0 fully saturated rings. The first-order valence-corrected chi connectivity index (χ1v) is 11.5. The smallest absolute Gasteiger partial charge is 0.255 e. The van der Waals surface area contributed by atoms with Crippen molar-refractivity contribution >= 4 is 22.7 Å². The summed E-state index contributed by atoms with van der Waals surface area (Å²) in [6, 6.07) is 16.4. The molecule has 0 saturated heterocycles. The van der Waals surface area contributed by atoms with Gasteiger partial charge in [0.2, 0.25) is 0 Å². The summed E-state index contributed by atoms with van der Waals surface area (Å²) in [5.74, 6) is 1.55. The molecule has 4 aromatic rings. The van der Waals surface area contributed by atoms with Crippen LogP contribution in [0.2, 0.25) is 0 Å². The summed E-state index contributed by atoms with van der Waals surface area (Å²) in [4.78, 5) is 26.2. The Morgan fingerprint density at radius 3 is 2.93 bits per heavy atom. The summed E-state index contributed by atoms with van der Waals surface area (Å²) in [5, 5.41) is 2.00. The van der Waals surface area contributed by atoms with Crippen LogP contribution in [0, 0.1) is 0 Å². The highest BCUT2D eigenvalue weighted by Gasteiger charge is 2.22. The first kappa shape index (κ1) is 19.2. The molecule has 1 aromatic carbocycles. The van der Waals surface area contributed by atoms with Crippen molar-refractivity contribution in [2.75, 3.05) is 13.7 Å². The van der Waals surface area contributed by atoms with Crippen molar-refractivity contribution in [2.24, 2.45) is 0 Å². The van der Waals surface area contributed by atoms with E-state index in [9.17, 15) is 4.79 Å². The number of thiophene rings is 2. The maximum absolute atomic E-state index is 12.7. The third kappa shape index (κ3) is 3.84. The summed E-state index contributed by atoms with van der Waals surface area (Å²) in [5.41, 5.74) is 2.88. The molecule has 1 aliphatic heterocycles. The first-order valence-electron chi connectivity index (χ1n) is 9.81. The lowest BCUT2D eigenvalue weighted by molar-refractivity contribution is 0.244. The Morgan fingerprint density at radius 2 is 2.10 bits per heavy atom. The Hall–Kier alpha value is -2.74. The first-order chi connectivity index (χ1) is 14.7. The summed E-state index contributed by atoms with van der Waals surface area (Å²) in [7, 11) is 1.69. The lowest BCUT2D eigenvalue weighted by Gasteiger charge is -2.27. The molecular formula is C23H21N3O2S2. The van der Waals surface area contributed by atoms with Crippen LogP contribution in [0.4, 0.5) is 0 Å². The van der Waals surface area contributed by atoms with Crippen molar-refractivity contribution in [1.29, 1.82) is 0 Å². The average molecular weight is 436 g/mol. The lowest BCUT2D eigenvalue weighted by atomic mass is 10.1. The zero-order valence-corrected chi connectivity index (χ0v) is 18.2. The quantitative estimate of drug-likeness (QED) is 0.490. The van der Waals surface area contributed by atoms with Crippen LogP contribution in [-0.4, -0.2) is 28.5 Å². The van der Waals surface area contributed by atoms with Gasteiger partial charge in [0.05, 0.1) is 23.2 Å². The van der Waals surface area contributed by atoms with Gasteiger partial charge in [0.1, 0.15) is 5.75 Å². The number of aromatic amines is 1. The van der Waals surface area contributed by atoms with Crippen molar-refractivity contribution < 1.29 is 4.74 Å². The molecule has 4 heterocycles. The zero-order valence-electron chi connectivity index (χ0n) is 16.6. The van der Waals surface area contributed by atoms with Crippen LogP contribution in [0.5, 0.6) is 5.75 Å². The molecule has 0 amide bonds. The van der Waals surface area contributed by atoms with E-state index < -0.39 is 0 Å². The number of ether oxygens (including phenoxy) is 1. The van der Waals surface area contributed by atoms with Gasteiger partial charge in [-0.1, -0.05) is 18.2 Å². The minimum atomic E-state index is -0.0173. The van der Waals surface area contributed by atoms with Gasteiger partial charge in [0, 0.05) is 35.8 Å². The highest BCUT2D eigenvalue weighted by molar-refractivity contribution is 7.15. The second-order valence-electron chi connectivity index (χ2n) is 7.28. The fourth-order valence-electron chi connectivity index (χ4n) is 3.76. The number of rotatable bonds is 5. The Bertz CT molecular complexity index is 1230. The van der Waals surface area contributed by atoms with E-state index in [1.807, 2.05) is 29.6 Å². The van der Waals surface area contributed by atoms with E-state index >= 15 is 0 Å². The fraction of sp³-hybridized carbons (Fsp3) is 0.217. The van der Waals surface area contributed by atoms with Gasteiger partial charge in [-0.3, -0.25) is 9.69 Å². The highest BCUT2D eigenvalue weighted by Crippen LogP contribution is 2.31. The van der Waals surface area contributed by atoms with Gasteiger partial charge in [-0.15, -0.1) is 22.7 Å². The van der Waals surface area contributed by atoms with Gasteiger partial charge >= 0.3 is 0 Å². The number of benzene rings is 1. The van der Waals surface area contributed by atoms with Crippen LogP contribution < -0.4 is 10.3 Å². The maximum atomic E-state index is 12.7. The molecule has 1 N–H and O–H groups in total. The van der Waals surface area contributed by atoms with Gasteiger partial charge in [-0.2, -0.15) is 0 Å². The van der Waals surface area contributed by atoms with Crippen molar-refractivity contribution in [3.8, 4) is 26.9 Å². The third-order valence-corrected chi connectivity index (χ3v) is 7.29. The van der Waals surface area contributed by atoms with E-state index in [-0.39, 0.29) is 5.56 Å². The number of hydrogen-bond acceptors (Lipinski definition) is 6. The van der Waals surface area contributed by atoms with Gasteiger partial charge in [0.25, 0.3) is 5.56 Å². The van der Waals surface area contributed by atoms with Crippen molar-refractivity contribution in [3.63, 3.8) is 0 Å². The van der Waals surface area contributed by atoms with E-state index in [0.29, 0.717) is 12.4 Å². The topological polar surface area (TPSA) is 58.2 Å². The Kier molecular flexibility index (Phi) is 5.25. The van der Waals surface area contributed by atoms with Crippen molar-refractivity contribution in [2.45, 2.75) is 19.5 Å². The molecule has 30 heavy (non-hydrogen) atoms. The van der Waals surface area contributed by atoms with Crippen LogP contribution in [-0.2, 0) is 19.5 Å². The van der Waals surface area contributed by atoms with Crippen molar-refractivity contribution in [1.82, 2.24) is 14.9 Å². The lowest BCUT2D eigenvalue weighted by Crippen LogP contribution is -2.35. The van der Waals surface area contributed by atoms with Gasteiger partial charge in [-0.05, 0) is 41.3 Å². The predicted octanol–water partition coefficient (Wildman–Crippen LogP) is 4.79. The molecule has 0 bridgehead atoms. The van der Waals surface area contributed by atoms with Gasteiger partial charge in [-0.25, -0.2) is 4.98 Å². The molecule has 1 aliphatic rings. The molecule has 0 unspecified atom stereocenters. The monoisotopic (exact) mass is 435 g/mol. The minimum absolute atomic E-state index is 0.0173. The molecule has 3 aromatic heterocycles. The standard InChI is InChI=1S/C23H21N3O2S2/c1-28-16-5-2-4-15(12-16)20-8-7-17(30-20)13-26-10-9-19-18(14-26)23(27)25-22(24-19)21-6-3-11-29-21/h2-8,11-12H,9-10,13-14H2,1H3,(H,24,25,27). The second-order valence-corrected chi connectivity index (χ2v) is 9.39. The van der Waals surface area contributed by atoms with Crippen LogP contribution in [0.15, 0.2) is 58.7 Å². The number of H-pyrrole nitrogens is 1. The molecule has 5 rings (SSSR count). The fourth-order valence-corrected chi connectivity index (χ4v) is 5.48. The van der Waals surface area contributed by atoms with Gasteiger partial charge in [0.15, 0.2) is 5.82 Å². The van der Waals surface area contributed by atoms with E-state index in [4.69, 9.17) is 9.72 Å².